The van der Waals surface area contributed by atoms with Crippen LogP contribution in [-0.4, -0.2) is 86.2 Å². The first-order valence-corrected chi connectivity index (χ1v) is 7.70. The van der Waals surface area contributed by atoms with Crippen molar-refractivity contribution in [2.24, 2.45) is 0 Å². The van der Waals surface area contributed by atoms with Gasteiger partial charge in [0.1, 0.15) is 0 Å². The fraction of sp³-hybridized carbons (Fsp3) is 1.00. The molecule has 1 N–H and O–H groups in total. The van der Waals surface area contributed by atoms with Crippen molar-refractivity contribution in [1.82, 2.24) is 20.0 Å². The Bertz CT molecular complexity index is 259. The molecule has 0 saturated carbocycles. The van der Waals surface area contributed by atoms with E-state index in [4.69, 9.17) is 0 Å². The summed E-state index contributed by atoms with van der Waals surface area (Å²) in [5.74, 6) is 0. The topological polar surface area (TPSA) is 21.8 Å². The summed E-state index contributed by atoms with van der Waals surface area (Å²) in [6.45, 7) is 10.2. The number of likely N-dealkylation sites (tertiary alicyclic amines) is 1. The molecular formula is C14H28N4. The zero-order valence-corrected chi connectivity index (χ0v) is 11.8. The van der Waals surface area contributed by atoms with E-state index in [1.165, 1.54) is 71.6 Å². The van der Waals surface area contributed by atoms with Gasteiger partial charge in [0, 0.05) is 51.4 Å². The first-order valence-electron chi connectivity index (χ1n) is 7.70. The number of hydrogen-bond donors (Lipinski definition) is 1. The Hall–Kier alpha value is -0.160. The van der Waals surface area contributed by atoms with Crippen molar-refractivity contribution in [2.45, 2.75) is 31.3 Å². The Kier molecular flexibility index (Phi) is 4.19. The predicted octanol–water partition coefficient (Wildman–Crippen LogP) is 0.0601. The van der Waals surface area contributed by atoms with Crippen LogP contribution in [0.5, 0.6) is 0 Å². The van der Waals surface area contributed by atoms with Gasteiger partial charge < -0.3 is 10.2 Å². The number of hydrogen-bond acceptors (Lipinski definition) is 4. The number of rotatable bonds is 2. The molecule has 0 bridgehead atoms. The van der Waals surface area contributed by atoms with E-state index in [0.29, 0.717) is 0 Å². The van der Waals surface area contributed by atoms with Crippen LogP contribution in [0.1, 0.15) is 19.3 Å². The molecule has 0 spiro atoms. The summed E-state index contributed by atoms with van der Waals surface area (Å²) >= 11 is 0. The SMILES string of the molecule is CN1CCCC(N2CCN(C3CNC3)CC2)CC1. The maximum absolute atomic E-state index is 3.39. The van der Waals surface area contributed by atoms with Crippen molar-refractivity contribution in [3.05, 3.63) is 0 Å². The van der Waals surface area contributed by atoms with Crippen molar-refractivity contribution in [1.29, 1.82) is 0 Å². The van der Waals surface area contributed by atoms with Gasteiger partial charge in [0.05, 0.1) is 0 Å². The zero-order valence-electron chi connectivity index (χ0n) is 11.8. The highest BCUT2D eigenvalue weighted by molar-refractivity contribution is 4.89. The lowest BCUT2D eigenvalue weighted by atomic mass is 10.0. The van der Waals surface area contributed by atoms with Gasteiger partial charge in [-0.2, -0.15) is 0 Å². The lowest BCUT2D eigenvalue weighted by Crippen LogP contribution is -2.62. The van der Waals surface area contributed by atoms with Gasteiger partial charge in [-0.1, -0.05) is 0 Å². The Morgan fingerprint density at radius 1 is 0.778 bits per heavy atom. The minimum atomic E-state index is 0.840. The molecule has 4 nitrogen and oxygen atoms in total. The second-order valence-corrected chi connectivity index (χ2v) is 6.27. The molecule has 0 aromatic rings. The standard InChI is InChI=1S/C14H28N4/c1-16-5-2-3-13(4-6-16)17-7-9-18(10-8-17)14-11-15-12-14/h13-15H,2-12H2,1H3. The average Bonchev–Trinajstić information content (AvgIpc) is 2.53. The van der Waals surface area contributed by atoms with Crippen LogP contribution in [0.2, 0.25) is 0 Å². The van der Waals surface area contributed by atoms with E-state index < -0.39 is 0 Å². The largest absolute Gasteiger partial charge is 0.314 e. The third-order valence-electron chi connectivity index (χ3n) is 5.06. The smallest absolute Gasteiger partial charge is 0.0346 e. The summed E-state index contributed by atoms with van der Waals surface area (Å²) in [4.78, 5) is 7.95. The molecule has 0 amide bonds. The van der Waals surface area contributed by atoms with Crippen LogP contribution in [0.4, 0.5) is 0 Å². The first-order chi connectivity index (χ1) is 8.83. The minimum absolute atomic E-state index is 0.840. The molecule has 3 aliphatic heterocycles. The molecule has 1 atom stereocenters. The van der Waals surface area contributed by atoms with Crippen molar-refractivity contribution in [3.8, 4) is 0 Å². The second kappa shape index (κ2) is 5.87. The lowest BCUT2D eigenvalue weighted by Gasteiger charge is -2.45. The maximum atomic E-state index is 3.39. The Morgan fingerprint density at radius 3 is 2.06 bits per heavy atom. The molecule has 104 valence electrons. The van der Waals surface area contributed by atoms with Gasteiger partial charge in [-0.05, 0) is 39.4 Å². The molecule has 0 aromatic heterocycles. The summed E-state index contributed by atoms with van der Waals surface area (Å²) < 4.78 is 0. The molecule has 3 heterocycles. The molecular weight excluding hydrogens is 224 g/mol. The highest BCUT2D eigenvalue weighted by Crippen LogP contribution is 2.19. The maximum Gasteiger partial charge on any atom is 0.0346 e. The van der Waals surface area contributed by atoms with E-state index in [0.717, 1.165) is 12.1 Å². The van der Waals surface area contributed by atoms with Gasteiger partial charge in [0.15, 0.2) is 0 Å². The fourth-order valence-electron chi connectivity index (χ4n) is 3.59. The van der Waals surface area contributed by atoms with E-state index in [2.05, 4.69) is 27.1 Å². The van der Waals surface area contributed by atoms with Gasteiger partial charge in [-0.3, -0.25) is 9.80 Å². The van der Waals surface area contributed by atoms with E-state index in [1.54, 1.807) is 0 Å². The number of nitrogens with one attached hydrogen (secondary N) is 1. The quantitative estimate of drug-likeness (QED) is 0.750. The average molecular weight is 252 g/mol. The lowest BCUT2D eigenvalue weighted by molar-refractivity contribution is 0.0481. The van der Waals surface area contributed by atoms with Crippen LogP contribution < -0.4 is 5.32 Å². The third-order valence-corrected chi connectivity index (χ3v) is 5.06. The monoisotopic (exact) mass is 252 g/mol. The molecule has 3 rings (SSSR count). The zero-order chi connectivity index (χ0) is 12.4. The fourth-order valence-corrected chi connectivity index (χ4v) is 3.59. The van der Waals surface area contributed by atoms with E-state index in [9.17, 15) is 0 Å². The molecule has 3 saturated heterocycles. The number of piperazine rings is 1. The van der Waals surface area contributed by atoms with E-state index >= 15 is 0 Å². The summed E-state index contributed by atoms with van der Waals surface area (Å²) in [6, 6.07) is 1.70. The van der Waals surface area contributed by atoms with E-state index in [1.807, 2.05) is 0 Å². The summed E-state index contributed by atoms with van der Waals surface area (Å²) in [5, 5.41) is 3.39. The van der Waals surface area contributed by atoms with Crippen LogP contribution in [0.25, 0.3) is 0 Å². The van der Waals surface area contributed by atoms with Crippen LogP contribution in [0.3, 0.4) is 0 Å². The van der Waals surface area contributed by atoms with Crippen LogP contribution in [-0.2, 0) is 0 Å². The van der Waals surface area contributed by atoms with Gasteiger partial charge >= 0.3 is 0 Å². The molecule has 4 heteroatoms. The number of nitrogens with zero attached hydrogens (tertiary/aromatic N) is 3. The summed E-state index contributed by atoms with van der Waals surface area (Å²) in [6.07, 6.45) is 4.17. The minimum Gasteiger partial charge on any atom is -0.314 e. The molecule has 0 radical (unpaired) electrons. The van der Waals surface area contributed by atoms with Crippen LogP contribution in [0, 0.1) is 0 Å². The second-order valence-electron chi connectivity index (χ2n) is 6.27. The normalized spacial score (nSPS) is 34.2. The van der Waals surface area contributed by atoms with Crippen molar-refractivity contribution in [2.75, 3.05) is 59.4 Å². The van der Waals surface area contributed by atoms with Gasteiger partial charge in [0.2, 0.25) is 0 Å². The molecule has 0 aliphatic carbocycles. The van der Waals surface area contributed by atoms with Crippen LogP contribution >= 0.6 is 0 Å². The molecule has 3 fully saturated rings. The van der Waals surface area contributed by atoms with E-state index in [-0.39, 0.29) is 0 Å². The van der Waals surface area contributed by atoms with Gasteiger partial charge in [0.25, 0.3) is 0 Å². The highest BCUT2D eigenvalue weighted by Gasteiger charge is 2.30. The molecule has 18 heavy (non-hydrogen) atoms. The van der Waals surface area contributed by atoms with Crippen LogP contribution in [0.15, 0.2) is 0 Å². The Balaban J connectivity index is 1.46. The summed E-state index contributed by atoms with van der Waals surface area (Å²) in [7, 11) is 2.27. The van der Waals surface area contributed by atoms with Crippen molar-refractivity contribution in [3.63, 3.8) is 0 Å². The summed E-state index contributed by atoms with van der Waals surface area (Å²) in [5.41, 5.74) is 0. The highest BCUT2D eigenvalue weighted by atomic mass is 15.3. The van der Waals surface area contributed by atoms with Crippen molar-refractivity contribution >= 4 is 0 Å². The predicted molar refractivity (Wildman–Crippen MR) is 74.9 cm³/mol. The molecule has 3 aliphatic rings. The molecule has 0 aromatic carbocycles. The molecule has 1 unspecified atom stereocenters. The first kappa shape index (κ1) is 12.9. The van der Waals surface area contributed by atoms with Gasteiger partial charge in [-0.15, -0.1) is 0 Å². The Labute approximate surface area is 111 Å². The van der Waals surface area contributed by atoms with Crippen molar-refractivity contribution < 1.29 is 0 Å². The van der Waals surface area contributed by atoms with Gasteiger partial charge in [-0.25, -0.2) is 0 Å². The Morgan fingerprint density at radius 2 is 1.44 bits per heavy atom. The third kappa shape index (κ3) is 2.87.